The van der Waals surface area contributed by atoms with Crippen LogP contribution in [-0.2, 0) is 4.79 Å². The number of nitrogens with zero attached hydrogens (tertiary/aromatic N) is 2. The highest BCUT2D eigenvalue weighted by atomic mass is 32.1. The molecule has 2 amide bonds. The summed E-state index contributed by atoms with van der Waals surface area (Å²) in [5, 5.41) is 5.04. The number of thiophene rings is 1. The Bertz CT molecular complexity index is 770. The number of carbonyl (C=O) groups is 2. The summed E-state index contributed by atoms with van der Waals surface area (Å²) >= 11 is 1.44. The SMILES string of the molecule is Cc1csc(C(=O)N[C@@H]2CC(=O)N(C3CC3)[C@H]2c2cccnc2)c1. The van der Waals surface area contributed by atoms with Crippen molar-refractivity contribution in [2.75, 3.05) is 0 Å². The van der Waals surface area contributed by atoms with Gasteiger partial charge in [0.1, 0.15) is 0 Å². The summed E-state index contributed by atoms with van der Waals surface area (Å²) in [6.45, 7) is 1.97. The maximum Gasteiger partial charge on any atom is 0.261 e. The van der Waals surface area contributed by atoms with Crippen molar-refractivity contribution < 1.29 is 9.59 Å². The third kappa shape index (κ3) is 2.82. The fourth-order valence-corrected chi connectivity index (χ4v) is 4.20. The molecule has 2 fully saturated rings. The number of pyridine rings is 1. The van der Waals surface area contributed by atoms with Gasteiger partial charge < -0.3 is 10.2 Å². The van der Waals surface area contributed by atoms with Gasteiger partial charge in [0, 0.05) is 24.9 Å². The Balaban J connectivity index is 1.60. The molecule has 24 heavy (non-hydrogen) atoms. The average Bonchev–Trinajstić information content (AvgIpc) is 3.23. The van der Waals surface area contributed by atoms with Crippen molar-refractivity contribution in [2.45, 2.75) is 44.3 Å². The summed E-state index contributed by atoms with van der Waals surface area (Å²) in [6, 6.07) is 5.73. The molecule has 1 aliphatic heterocycles. The Morgan fingerprint density at radius 3 is 2.88 bits per heavy atom. The Morgan fingerprint density at radius 1 is 1.42 bits per heavy atom. The molecule has 124 valence electrons. The second-order valence-electron chi connectivity index (χ2n) is 6.54. The van der Waals surface area contributed by atoms with E-state index in [9.17, 15) is 9.59 Å². The molecular weight excluding hydrogens is 322 g/mol. The van der Waals surface area contributed by atoms with Gasteiger partial charge in [-0.15, -0.1) is 11.3 Å². The molecule has 4 rings (SSSR count). The van der Waals surface area contributed by atoms with Crippen molar-refractivity contribution in [2.24, 2.45) is 0 Å². The Hall–Kier alpha value is -2.21. The number of amides is 2. The fourth-order valence-electron chi connectivity index (χ4n) is 3.40. The minimum Gasteiger partial charge on any atom is -0.346 e. The van der Waals surface area contributed by atoms with Gasteiger partial charge in [-0.1, -0.05) is 6.07 Å². The van der Waals surface area contributed by atoms with Crippen LogP contribution in [0.15, 0.2) is 36.0 Å². The van der Waals surface area contributed by atoms with Crippen LogP contribution in [0.3, 0.4) is 0 Å². The molecule has 2 atom stereocenters. The van der Waals surface area contributed by atoms with Crippen LogP contribution in [0.1, 0.15) is 46.1 Å². The number of hydrogen-bond acceptors (Lipinski definition) is 4. The zero-order valence-electron chi connectivity index (χ0n) is 13.4. The lowest BCUT2D eigenvalue weighted by molar-refractivity contribution is -0.129. The Morgan fingerprint density at radius 2 is 2.25 bits per heavy atom. The van der Waals surface area contributed by atoms with Crippen molar-refractivity contribution >= 4 is 23.2 Å². The number of carbonyl (C=O) groups excluding carboxylic acids is 2. The van der Waals surface area contributed by atoms with E-state index in [0.717, 1.165) is 24.0 Å². The van der Waals surface area contributed by atoms with Gasteiger partial charge >= 0.3 is 0 Å². The highest BCUT2D eigenvalue weighted by Crippen LogP contribution is 2.41. The second-order valence-corrected chi connectivity index (χ2v) is 7.45. The van der Waals surface area contributed by atoms with E-state index in [1.807, 2.05) is 35.4 Å². The van der Waals surface area contributed by atoms with Gasteiger partial charge in [0.25, 0.3) is 5.91 Å². The molecule has 0 spiro atoms. The van der Waals surface area contributed by atoms with Crippen molar-refractivity contribution in [1.29, 1.82) is 0 Å². The molecule has 0 unspecified atom stereocenters. The molecule has 1 saturated carbocycles. The van der Waals surface area contributed by atoms with Crippen LogP contribution in [0.5, 0.6) is 0 Å². The van der Waals surface area contributed by atoms with Crippen molar-refractivity contribution in [1.82, 2.24) is 15.2 Å². The molecule has 0 radical (unpaired) electrons. The van der Waals surface area contributed by atoms with Crippen molar-refractivity contribution in [3.8, 4) is 0 Å². The predicted molar refractivity (Wildman–Crippen MR) is 91.8 cm³/mol. The second kappa shape index (κ2) is 6.02. The van der Waals surface area contributed by atoms with Gasteiger partial charge in [-0.2, -0.15) is 0 Å². The molecule has 1 N–H and O–H groups in total. The highest BCUT2D eigenvalue weighted by Gasteiger charge is 2.47. The molecule has 2 aliphatic rings. The van der Waals surface area contributed by atoms with E-state index in [0.29, 0.717) is 17.3 Å². The van der Waals surface area contributed by atoms with Crippen molar-refractivity contribution in [3.05, 3.63) is 52.0 Å². The van der Waals surface area contributed by atoms with E-state index in [2.05, 4.69) is 10.3 Å². The topological polar surface area (TPSA) is 62.3 Å². The first-order chi connectivity index (χ1) is 11.6. The Kier molecular flexibility index (Phi) is 3.84. The molecule has 1 saturated heterocycles. The van der Waals surface area contributed by atoms with Crippen LogP contribution < -0.4 is 5.32 Å². The summed E-state index contributed by atoms with van der Waals surface area (Å²) in [6.07, 6.45) is 5.98. The first-order valence-electron chi connectivity index (χ1n) is 8.20. The maximum atomic E-state index is 12.5. The molecular formula is C18H19N3O2S. The van der Waals surface area contributed by atoms with Gasteiger partial charge in [0.15, 0.2) is 0 Å². The number of nitrogens with one attached hydrogen (secondary N) is 1. The van der Waals surface area contributed by atoms with Crippen LogP contribution in [0, 0.1) is 6.92 Å². The van der Waals surface area contributed by atoms with E-state index in [4.69, 9.17) is 0 Å². The first kappa shape index (κ1) is 15.3. The minimum absolute atomic E-state index is 0.0996. The van der Waals surface area contributed by atoms with E-state index >= 15 is 0 Å². The normalized spacial score (nSPS) is 23.5. The molecule has 0 aromatic carbocycles. The molecule has 5 nitrogen and oxygen atoms in total. The standard InChI is InChI=1S/C18H19N3O2S/c1-11-7-15(24-10-11)18(23)20-14-8-16(22)21(13-4-5-13)17(14)12-3-2-6-19-9-12/h2-3,6-7,9-10,13-14,17H,4-5,8H2,1H3,(H,20,23)/t14-,17+/m1/s1. The van der Waals surface area contributed by atoms with E-state index in [1.54, 1.807) is 12.4 Å². The molecule has 6 heteroatoms. The number of hydrogen-bond donors (Lipinski definition) is 1. The van der Waals surface area contributed by atoms with Crippen LogP contribution >= 0.6 is 11.3 Å². The van der Waals surface area contributed by atoms with Crippen molar-refractivity contribution in [3.63, 3.8) is 0 Å². The third-order valence-corrected chi connectivity index (χ3v) is 5.65. The van der Waals surface area contributed by atoms with Crippen LogP contribution in [-0.4, -0.2) is 33.8 Å². The zero-order valence-corrected chi connectivity index (χ0v) is 14.3. The van der Waals surface area contributed by atoms with Gasteiger partial charge in [0.2, 0.25) is 5.91 Å². The molecule has 2 aromatic heterocycles. The van der Waals surface area contributed by atoms with E-state index < -0.39 is 0 Å². The van der Waals surface area contributed by atoms with Crippen LogP contribution in [0.25, 0.3) is 0 Å². The smallest absolute Gasteiger partial charge is 0.261 e. The number of likely N-dealkylation sites (tertiary alicyclic amines) is 1. The minimum atomic E-state index is -0.211. The first-order valence-corrected chi connectivity index (χ1v) is 9.08. The number of aromatic nitrogens is 1. The lowest BCUT2D eigenvalue weighted by Gasteiger charge is -2.28. The van der Waals surface area contributed by atoms with E-state index in [-0.39, 0.29) is 23.9 Å². The van der Waals surface area contributed by atoms with E-state index in [1.165, 1.54) is 11.3 Å². The zero-order chi connectivity index (χ0) is 16.7. The molecule has 3 heterocycles. The average molecular weight is 341 g/mol. The van der Waals surface area contributed by atoms with Gasteiger partial charge in [-0.05, 0) is 48.4 Å². The maximum absolute atomic E-state index is 12.5. The third-order valence-electron chi connectivity index (χ3n) is 4.60. The number of aryl methyl sites for hydroxylation is 1. The lowest BCUT2D eigenvalue weighted by Crippen LogP contribution is -2.40. The lowest BCUT2D eigenvalue weighted by atomic mass is 10.0. The van der Waals surface area contributed by atoms with Gasteiger partial charge in [0.05, 0.1) is 17.0 Å². The summed E-state index contributed by atoms with van der Waals surface area (Å²) in [4.78, 5) is 31.9. The largest absolute Gasteiger partial charge is 0.346 e. The van der Waals surface area contributed by atoms with Gasteiger partial charge in [-0.3, -0.25) is 14.6 Å². The highest BCUT2D eigenvalue weighted by molar-refractivity contribution is 7.12. The predicted octanol–water partition coefficient (Wildman–Crippen LogP) is 2.69. The fraction of sp³-hybridized carbons (Fsp3) is 0.389. The Labute approximate surface area is 144 Å². The number of rotatable bonds is 4. The molecule has 2 aromatic rings. The van der Waals surface area contributed by atoms with Gasteiger partial charge in [-0.25, -0.2) is 0 Å². The van der Waals surface area contributed by atoms with Crippen LogP contribution in [0.2, 0.25) is 0 Å². The monoisotopic (exact) mass is 341 g/mol. The summed E-state index contributed by atoms with van der Waals surface area (Å²) in [7, 11) is 0. The van der Waals surface area contributed by atoms with Crippen LogP contribution in [0.4, 0.5) is 0 Å². The molecule has 1 aliphatic carbocycles. The molecule has 0 bridgehead atoms. The summed E-state index contributed by atoms with van der Waals surface area (Å²) in [5.41, 5.74) is 2.07. The quantitative estimate of drug-likeness (QED) is 0.930. The summed E-state index contributed by atoms with van der Waals surface area (Å²) in [5.74, 6) is 0.0245. The summed E-state index contributed by atoms with van der Waals surface area (Å²) < 4.78 is 0.